The maximum absolute atomic E-state index is 13.1. The molecule has 12 heteroatoms. The number of likely N-dealkylation sites (tertiary alicyclic amines) is 1. The molecule has 1 amide bonds. The van der Waals surface area contributed by atoms with E-state index in [1.807, 2.05) is 7.05 Å². The number of carboxylic acid groups (broad SMARTS) is 1. The number of carbonyl (C=O) groups is 2. The standard InChI is InChI=1S/C19H24F3N5O3S/c1-26-6-3-2-4-14(26)10-23-17(28)12(9-19(20,21)22)8-13-11-27(25-24-13)15-5-7-31-16(15)18(29)30/h5,7,11-12,14H,2-4,6,8-10H2,1H3,(H,23,28)(H,29,30). The molecule has 0 aromatic carbocycles. The Morgan fingerprint density at radius 3 is 2.84 bits per heavy atom. The summed E-state index contributed by atoms with van der Waals surface area (Å²) in [6, 6.07) is 1.64. The lowest BCUT2D eigenvalue weighted by atomic mass is 9.97. The van der Waals surface area contributed by atoms with Crippen LogP contribution in [0.2, 0.25) is 0 Å². The molecule has 1 fully saturated rings. The van der Waals surface area contributed by atoms with Crippen molar-refractivity contribution in [2.24, 2.45) is 5.92 Å². The van der Waals surface area contributed by atoms with E-state index < -0.39 is 30.4 Å². The van der Waals surface area contributed by atoms with Crippen molar-refractivity contribution < 1.29 is 27.9 Å². The molecule has 2 aromatic heterocycles. The van der Waals surface area contributed by atoms with Gasteiger partial charge in [-0.1, -0.05) is 11.6 Å². The molecule has 0 saturated carbocycles. The van der Waals surface area contributed by atoms with E-state index in [0.717, 1.165) is 37.1 Å². The number of amides is 1. The van der Waals surface area contributed by atoms with Crippen molar-refractivity contribution in [1.82, 2.24) is 25.2 Å². The molecule has 2 N–H and O–H groups in total. The Bertz CT molecular complexity index is 914. The van der Waals surface area contributed by atoms with E-state index in [0.29, 0.717) is 6.54 Å². The number of hydrogen-bond acceptors (Lipinski definition) is 6. The first-order chi connectivity index (χ1) is 14.6. The topological polar surface area (TPSA) is 100 Å². The molecule has 0 radical (unpaired) electrons. The van der Waals surface area contributed by atoms with Gasteiger partial charge in [-0.15, -0.1) is 16.4 Å². The number of piperidine rings is 1. The quantitative estimate of drug-likeness (QED) is 0.630. The number of aromatic carboxylic acids is 1. The third kappa shape index (κ3) is 6.26. The normalized spacial score (nSPS) is 18.6. The Balaban J connectivity index is 1.69. The molecule has 2 unspecified atom stereocenters. The first-order valence-electron chi connectivity index (χ1n) is 9.91. The lowest BCUT2D eigenvalue weighted by Gasteiger charge is -2.32. The maximum atomic E-state index is 13.1. The van der Waals surface area contributed by atoms with Crippen LogP contribution in [-0.2, 0) is 11.2 Å². The highest BCUT2D eigenvalue weighted by Crippen LogP contribution is 2.28. The van der Waals surface area contributed by atoms with Crippen LogP contribution in [0.25, 0.3) is 5.69 Å². The Morgan fingerprint density at radius 2 is 2.16 bits per heavy atom. The van der Waals surface area contributed by atoms with E-state index in [9.17, 15) is 27.9 Å². The van der Waals surface area contributed by atoms with Gasteiger partial charge in [0, 0.05) is 19.0 Å². The molecule has 1 aliphatic rings. The number of carbonyl (C=O) groups excluding carboxylic acids is 1. The van der Waals surface area contributed by atoms with E-state index in [2.05, 4.69) is 20.5 Å². The number of carboxylic acids is 1. The van der Waals surface area contributed by atoms with Gasteiger partial charge in [0.15, 0.2) is 0 Å². The van der Waals surface area contributed by atoms with Gasteiger partial charge in [0.05, 0.1) is 29.9 Å². The number of likely N-dealkylation sites (N-methyl/N-ethyl adjacent to an activating group) is 1. The minimum atomic E-state index is -4.51. The molecular weight excluding hydrogens is 435 g/mol. The zero-order valence-electron chi connectivity index (χ0n) is 16.9. The highest BCUT2D eigenvalue weighted by molar-refractivity contribution is 7.12. The van der Waals surface area contributed by atoms with Crippen LogP contribution in [0.5, 0.6) is 0 Å². The van der Waals surface area contributed by atoms with Crippen molar-refractivity contribution >= 4 is 23.2 Å². The fourth-order valence-corrected chi connectivity index (χ4v) is 4.42. The van der Waals surface area contributed by atoms with Gasteiger partial charge >= 0.3 is 12.1 Å². The van der Waals surface area contributed by atoms with Crippen molar-refractivity contribution in [1.29, 1.82) is 0 Å². The van der Waals surface area contributed by atoms with Crippen molar-refractivity contribution in [3.63, 3.8) is 0 Å². The van der Waals surface area contributed by atoms with Crippen molar-refractivity contribution in [2.45, 2.75) is 44.3 Å². The van der Waals surface area contributed by atoms with Gasteiger partial charge < -0.3 is 15.3 Å². The smallest absolute Gasteiger partial charge is 0.389 e. The van der Waals surface area contributed by atoms with Crippen LogP contribution in [0.4, 0.5) is 13.2 Å². The molecule has 0 spiro atoms. The van der Waals surface area contributed by atoms with Crippen LogP contribution in [0.3, 0.4) is 0 Å². The SMILES string of the molecule is CN1CCCCC1CNC(=O)C(Cc1cn(-c2ccsc2C(=O)O)nn1)CC(F)(F)F. The molecule has 0 aliphatic carbocycles. The second-order valence-electron chi connectivity index (χ2n) is 7.69. The van der Waals surface area contributed by atoms with Crippen LogP contribution < -0.4 is 5.32 Å². The summed E-state index contributed by atoms with van der Waals surface area (Å²) in [4.78, 5) is 26.0. The van der Waals surface area contributed by atoms with Crippen molar-refractivity contribution in [3.8, 4) is 5.69 Å². The Hall–Kier alpha value is -2.47. The van der Waals surface area contributed by atoms with E-state index in [4.69, 9.17) is 0 Å². The zero-order valence-corrected chi connectivity index (χ0v) is 17.7. The number of halogens is 3. The zero-order chi connectivity index (χ0) is 22.6. The van der Waals surface area contributed by atoms with Gasteiger partial charge in [-0.05, 0) is 37.9 Å². The van der Waals surface area contributed by atoms with E-state index in [1.54, 1.807) is 5.38 Å². The van der Waals surface area contributed by atoms with Crippen LogP contribution in [-0.4, -0.2) is 69.2 Å². The molecule has 2 atom stereocenters. The second-order valence-corrected chi connectivity index (χ2v) is 8.61. The monoisotopic (exact) mass is 459 g/mol. The highest BCUT2D eigenvalue weighted by Gasteiger charge is 2.36. The molecule has 1 aliphatic heterocycles. The summed E-state index contributed by atoms with van der Waals surface area (Å²) in [7, 11) is 1.94. The first kappa shape index (κ1) is 23.2. The van der Waals surface area contributed by atoms with E-state index in [1.165, 1.54) is 16.9 Å². The van der Waals surface area contributed by atoms with Gasteiger partial charge in [-0.2, -0.15) is 13.2 Å². The third-order valence-electron chi connectivity index (χ3n) is 5.36. The molecule has 3 rings (SSSR count). The predicted octanol–water partition coefficient (Wildman–Crippen LogP) is 2.74. The summed E-state index contributed by atoms with van der Waals surface area (Å²) in [5.41, 5.74) is 0.454. The van der Waals surface area contributed by atoms with Crippen LogP contribution >= 0.6 is 11.3 Å². The summed E-state index contributed by atoms with van der Waals surface area (Å²) in [6.07, 6.45) is -1.68. The molecule has 0 bridgehead atoms. The molecule has 3 heterocycles. The van der Waals surface area contributed by atoms with Crippen molar-refractivity contribution in [2.75, 3.05) is 20.1 Å². The predicted molar refractivity (Wildman–Crippen MR) is 107 cm³/mol. The summed E-state index contributed by atoms with van der Waals surface area (Å²) < 4.78 is 40.5. The Morgan fingerprint density at radius 1 is 1.39 bits per heavy atom. The van der Waals surface area contributed by atoms with Gasteiger partial charge in [-0.3, -0.25) is 4.79 Å². The van der Waals surface area contributed by atoms with Crippen LogP contribution in [0, 0.1) is 5.92 Å². The lowest BCUT2D eigenvalue weighted by Crippen LogP contribution is -2.46. The fraction of sp³-hybridized carbons (Fsp3) is 0.579. The Labute approximate surface area is 181 Å². The largest absolute Gasteiger partial charge is 0.477 e. The first-order valence-corrected chi connectivity index (χ1v) is 10.8. The second kappa shape index (κ2) is 9.77. The fourth-order valence-electron chi connectivity index (χ4n) is 3.71. The minimum Gasteiger partial charge on any atom is -0.477 e. The van der Waals surface area contributed by atoms with Crippen molar-refractivity contribution in [3.05, 3.63) is 28.2 Å². The average Bonchev–Trinajstić information content (AvgIpc) is 3.34. The summed E-state index contributed by atoms with van der Waals surface area (Å²) in [6.45, 7) is 1.20. The van der Waals surface area contributed by atoms with Gasteiger partial charge in [0.1, 0.15) is 4.88 Å². The molecule has 31 heavy (non-hydrogen) atoms. The minimum absolute atomic E-state index is 0.0395. The van der Waals surface area contributed by atoms with Gasteiger partial charge in [0.25, 0.3) is 0 Å². The highest BCUT2D eigenvalue weighted by atomic mass is 32.1. The summed E-state index contributed by atoms with van der Waals surface area (Å²) >= 11 is 1.00. The van der Waals surface area contributed by atoms with E-state index in [-0.39, 0.29) is 28.7 Å². The molecular formula is C19H24F3N5O3S. The lowest BCUT2D eigenvalue weighted by molar-refractivity contribution is -0.154. The summed E-state index contributed by atoms with van der Waals surface area (Å²) in [5.74, 6) is -3.16. The average molecular weight is 459 g/mol. The molecule has 1 saturated heterocycles. The number of rotatable bonds is 8. The molecule has 8 nitrogen and oxygen atoms in total. The molecule has 170 valence electrons. The molecule has 2 aromatic rings. The maximum Gasteiger partial charge on any atom is 0.389 e. The number of hydrogen-bond donors (Lipinski definition) is 2. The summed E-state index contributed by atoms with van der Waals surface area (Å²) in [5, 5.41) is 21.2. The van der Waals surface area contributed by atoms with Gasteiger partial charge in [0.2, 0.25) is 5.91 Å². The number of nitrogens with zero attached hydrogens (tertiary/aromatic N) is 4. The van der Waals surface area contributed by atoms with Crippen LogP contribution in [0.15, 0.2) is 17.6 Å². The van der Waals surface area contributed by atoms with E-state index >= 15 is 0 Å². The number of nitrogens with one attached hydrogen (secondary N) is 1. The van der Waals surface area contributed by atoms with Gasteiger partial charge in [-0.25, -0.2) is 9.48 Å². The third-order valence-corrected chi connectivity index (χ3v) is 6.26. The number of thiophene rings is 1. The number of alkyl halides is 3. The number of aromatic nitrogens is 3. The Kier molecular flexibility index (Phi) is 7.31. The van der Waals surface area contributed by atoms with Crippen LogP contribution in [0.1, 0.15) is 41.0 Å².